The Morgan fingerprint density at radius 1 is 1.29 bits per heavy atom. The first-order chi connectivity index (χ1) is 14.6. The minimum Gasteiger partial charge on any atom is -0.504 e. The number of phenolic OH excluding ortho intramolecular Hbond substituents is 3. The maximum absolute atomic E-state index is 12.6. The highest BCUT2D eigenvalue weighted by molar-refractivity contribution is 7.91. The average molecular weight is 452 g/mol. The van der Waals surface area contributed by atoms with Crippen molar-refractivity contribution in [3.8, 4) is 23.3 Å². The second kappa shape index (κ2) is 10.0. The molecule has 0 bridgehead atoms. The number of aromatic nitrogens is 1. The third-order valence-corrected chi connectivity index (χ3v) is 4.98. The van der Waals surface area contributed by atoms with E-state index in [1.165, 1.54) is 0 Å². The van der Waals surface area contributed by atoms with Crippen molar-refractivity contribution in [1.29, 1.82) is 5.26 Å². The van der Waals surface area contributed by atoms with Gasteiger partial charge in [0, 0.05) is 17.7 Å². The van der Waals surface area contributed by atoms with Crippen LogP contribution in [0, 0.1) is 11.3 Å². The number of amides is 1. The molecule has 0 radical (unpaired) electrons. The van der Waals surface area contributed by atoms with Crippen LogP contribution in [0.2, 0.25) is 0 Å². The fourth-order valence-corrected chi connectivity index (χ4v) is 3.36. The lowest BCUT2D eigenvalue weighted by Gasteiger charge is -2.20. The Morgan fingerprint density at radius 2 is 2.00 bits per heavy atom. The quantitative estimate of drug-likeness (QED) is 0.265. The van der Waals surface area contributed by atoms with Crippen molar-refractivity contribution >= 4 is 21.9 Å². The molecule has 2 rings (SSSR count). The molecule has 1 aromatic carbocycles. The molecule has 0 spiro atoms. The Balaban J connectivity index is 2.25. The number of nitriles is 1. The van der Waals surface area contributed by atoms with Crippen LogP contribution in [-0.4, -0.2) is 46.9 Å². The van der Waals surface area contributed by atoms with Gasteiger partial charge in [0.2, 0.25) is 15.8 Å². The molecule has 168 valence electrons. The maximum atomic E-state index is 12.6. The number of sulfonamides is 1. The molecule has 11 nitrogen and oxygen atoms in total. The number of carbonyl (C=O) groups is 1. The van der Waals surface area contributed by atoms with Gasteiger partial charge in [-0.05, 0) is 12.8 Å². The Kier molecular flexibility index (Phi) is 7.71. The molecule has 1 unspecified atom stereocenters. The van der Waals surface area contributed by atoms with E-state index in [0.717, 1.165) is 37.8 Å². The summed E-state index contributed by atoms with van der Waals surface area (Å²) in [6.45, 7) is 2.01. The van der Waals surface area contributed by atoms with Crippen LogP contribution in [0.15, 0.2) is 16.7 Å². The lowest BCUT2D eigenvalue weighted by molar-refractivity contribution is 0.0929. The van der Waals surface area contributed by atoms with Crippen LogP contribution in [0.1, 0.15) is 54.2 Å². The summed E-state index contributed by atoms with van der Waals surface area (Å²) in [4.78, 5) is 16.4. The third-order valence-electron chi connectivity index (χ3n) is 4.43. The molecule has 0 aliphatic rings. The van der Waals surface area contributed by atoms with E-state index >= 15 is 0 Å². The van der Waals surface area contributed by atoms with Crippen LogP contribution in [0.25, 0.3) is 0 Å². The van der Waals surface area contributed by atoms with Gasteiger partial charge in [-0.25, -0.2) is 13.1 Å². The van der Waals surface area contributed by atoms with Crippen molar-refractivity contribution in [2.24, 2.45) is 0 Å². The summed E-state index contributed by atoms with van der Waals surface area (Å²) >= 11 is 0. The first kappa shape index (κ1) is 23.8. The summed E-state index contributed by atoms with van der Waals surface area (Å²) in [5.41, 5.74) is -0.118. The van der Waals surface area contributed by atoms with E-state index in [4.69, 9.17) is 4.42 Å². The number of carbonyl (C=O) groups excluding carboxylic acids is 1. The molecule has 12 heteroatoms. The Labute approximate surface area is 179 Å². The van der Waals surface area contributed by atoms with Crippen molar-refractivity contribution in [1.82, 2.24) is 10.3 Å². The molecule has 0 aliphatic carbocycles. The third kappa shape index (κ3) is 6.51. The lowest BCUT2D eigenvalue weighted by atomic mass is 9.95. The van der Waals surface area contributed by atoms with Crippen molar-refractivity contribution in [2.45, 2.75) is 45.1 Å². The topological polar surface area (TPSA) is 186 Å². The summed E-state index contributed by atoms with van der Waals surface area (Å²) in [6.07, 6.45) is 4.97. The van der Waals surface area contributed by atoms with Crippen LogP contribution >= 0.6 is 0 Å². The Hall–Kier alpha value is -3.46. The van der Waals surface area contributed by atoms with Gasteiger partial charge >= 0.3 is 6.01 Å². The van der Waals surface area contributed by atoms with Crippen LogP contribution in [0.3, 0.4) is 0 Å². The van der Waals surface area contributed by atoms with Gasteiger partial charge in [0.1, 0.15) is 6.26 Å². The molecule has 0 fully saturated rings. The fourth-order valence-electron chi connectivity index (χ4n) is 2.95. The van der Waals surface area contributed by atoms with Gasteiger partial charge in [0.25, 0.3) is 5.91 Å². The molecule has 1 atom stereocenters. The van der Waals surface area contributed by atoms with E-state index in [0.29, 0.717) is 6.42 Å². The number of phenols is 3. The van der Waals surface area contributed by atoms with E-state index in [1.807, 2.05) is 17.7 Å². The van der Waals surface area contributed by atoms with Crippen LogP contribution in [0.5, 0.6) is 17.2 Å². The van der Waals surface area contributed by atoms with Gasteiger partial charge < -0.3 is 25.1 Å². The second-order valence-electron chi connectivity index (χ2n) is 7.01. The van der Waals surface area contributed by atoms with Crippen LogP contribution < -0.4 is 10.0 Å². The van der Waals surface area contributed by atoms with E-state index in [9.17, 15) is 33.8 Å². The maximum Gasteiger partial charge on any atom is 0.309 e. The molecule has 0 aliphatic heterocycles. The average Bonchev–Trinajstić information content (AvgIpc) is 3.15. The predicted octanol–water partition coefficient (Wildman–Crippen LogP) is 1.96. The molecule has 1 amide bonds. The van der Waals surface area contributed by atoms with Crippen molar-refractivity contribution < 1.29 is 32.9 Å². The number of hydrogen-bond donors (Lipinski definition) is 5. The van der Waals surface area contributed by atoms with E-state index < -0.39 is 39.2 Å². The molecule has 5 N–H and O–H groups in total. The Bertz CT molecular complexity index is 1090. The normalized spacial score (nSPS) is 12.2. The van der Waals surface area contributed by atoms with Crippen molar-refractivity contribution in [3.63, 3.8) is 0 Å². The highest BCUT2D eigenvalue weighted by atomic mass is 32.2. The first-order valence-electron chi connectivity index (χ1n) is 9.46. The first-order valence-corrected chi connectivity index (χ1v) is 11.4. The SMILES string of the molecule is CCCCCC(Cc1c(C#N)cc(O)c(O)c1O)NC(=O)c1coc(NS(C)(=O)=O)n1. The molecule has 1 aromatic heterocycles. The number of aromatic hydroxyl groups is 3. The molecule has 0 saturated heterocycles. The zero-order valence-electron chi connectivity index (χ0n) is 17.0. The van der Waals surface area contributed by atoms with Crippen molar-refractivity contribution in [2.75, 3.05) is 11.0 Å². The highest BCUT2D eigenvalue weighted by Gasteiger charge is 2.23. The number of anilines is 1. The van der Waals surface area contributed by atoms with Crippen LogP contribution in [0.4, 0.5) is 6.01 Å². The molecule has 31 heavy (non-hydrogen) atoms. The minimum absolute atomic E-state index is 0.00428. The van der Waals surface area contributed by atoms with Gasteiger partial charge in [-0.2, -0.15) is 10.2 Å². The second-order valence-corrected chi connectivity index (χ2v) is 8.76. The number of nitrogens with zero attached hydrogens (tertiary/aromatic N) is 2. The number of rotatable bonds is 10. The van der Waals surface area contributed by atoms with Gasteiger partial charge in [0.15, 0.2) is 17.2 Å². The molecule has 1 heterocycles. The summed E-state index contributed by atoms with van der Waals surface area (Å²) in [5.74, 6) is -2.65. The smallest absolute Gasteiger partial charge is 0.309 e. The summed E-state index contributed by atoms with van der Waals surface area (Å²) in [5, 5.41) is 41.7. The monoisotopic (exact) mass is 452 g/mol. The summed E-state index contributed by atoms with van der Waals surface area (Å²) in [7, 11) is -3.63. The largest absolute Gasteiger partial charge is 0.504 e. The van der Waals surface area contributed by atoms with E-state index in [-0.39, 0.29) is 29.3 Å². The number of oxazole rings is 1. The summed E-state index contributed by atoms with van der Waals surface area (Å²) < 4.78 is 29.5. The molecular formula is C19H24N4O7S. The van der Waals surface area contributed by atoms with Crippen LogP contribution in [-0.2, 0) is 16.4 Å². The number of nitrogens with one attached hydrogen (secondary N) is 2. The van der Waals surface area contributed by atoms with Gasteiger partial charge in [-0.3, -0.25) is 4.79 Å². The van der Waals surface area contributed by atoms with Gasteiger partial charge in [-0.1, -0.05) is 26.2 Å². The molecule has 2 aromatic rings. The lowest BCUT2D eigenvalue weighted by Crippen LogP contribution is -2.37. The predicted molar refractivity (Wildman–Crippen MR) is 110 cm³/mol. The Morgan fingerprint density at radius 3 is 2.61 bits per heavy atom. The number of benzene rings is 1. The number of unbranched alkanes of at least 4 members (excludes halogenated alkanes) is 2. The standard InChI is InChI=1S/C19H24N4O7S/c1-3-4-5-6-12(8-13-11(9-20)7-15(24)17(26)16(13)25)21-18(27)14-10-30-19(22-14)23-31(2,28)29/h7,10,12,24-26H,3-6,8H2,1-2H3,(H,21,27)(H,22,23). The molecular weight excluding hydrogens is 428 g/mol. The van der Waals surface area contributed by atoms with E-state index in [1.54, 1.807) is 0 Å². The summed E-state index contributed by atoms with van der Waals surface area (Å²) in [6, 6.07) is 1.98. The minimum atomic E-state index is -3.63. The molecule has 0 saturated carbocycles. The van der Waals surface area contributed by atoms with Gasteiger partial charge in [0.05, 0.1) is 17.9 Å². The van der Waals surface area contributed by atoms with Crippen molar-refractivity contribution in [3.05, 3.63) is 29.2 Å². The number of hydrogen-bond acceptors (Lipinski definition) is 9. The fraction of sp³-hybridized carbons (Fsp3) is 0.421. The zero-order valence-corrected chi connectivity index (χ0v) is 17.9. The van der Waals surface area contributed by atoms with Gasteiger partial charge in [-0.15, -0.1) is 0 Å². The highest BCUT2D eigenvalue weighted by Crippen LogP contribution is 2.40. The zero-order chi connectivity index (χ0) is 23.2. The van der Waals surface area contributed by atoms with E-state index in [2.05, 4.69) is 10.3 Å².